The van der Waals surface area contributed by atoms with Crippen molar-refractivity contribution < 1.29 is 37.8 Å². The van der Waals surface area contributed by atoms with E-state index in [1.165, 1.54) is 0 Å². The smallest absolute Gasteiger partial charge is 0.350 e. The molecule has 0 aliphatic rings. The summed E-state index contributed by atoms with van der Waals surface area (Å²) in [7, 11) is -10.1. The van der Waals surface area contributed by atoms with Gasteiger partial charge in [0.15, 0.2) is 0 Å². The zero-order chi connectivity index (χ0) is 24.4. The second-order valence-electron chi connectivity index (χ2n) is 6.98. The van der Waals surface area contributed by atoms with Gasteiger partial charge in [-0.15, -0.1) is 0 Å². The molecule has 180 valence electrons. The predicted molar refractivity (Wildman–Crippen MR) is 121 cm³/mol. The first-order valence-corrected chi connectivity index (χ1v) is 13.1. The summed E-state index contributed by atoms with van der Waals surface area (Å²) < 4.78 is 22.2. The average molecular weight is 491 g/mol. The summed E-state index contributed by atoms with van der Waals surface area (Å²) in [5.74, 6) is -0.0149. The quantitative estimate of drug-likeness (QED) is 0.311. The molecular formula is C19H31N3O8P2. The fourth-order valence-corrected chi connectivity index (χ4v) is 4.08. The Morgan fingerprint density at radius 2 is 1.69 bits per heavy atom. The van der Waals surface area contributed by atoms with Gasteiger partial charge in [-0.05, 0) is 51.5 Å². The Hall–Kier alpha value is -1.68. The van der Waals surface area contributed by atoms with Crippen molar-refractivity contribution in [3.05, 3.63) is 42.1 Å². The minimum absolute atomic E-state index is 0.0149. The van der Waals surface area contributed by atoms with Crippen LogP contribution in [0.2, 0.25) is 0 Å². The number of nitrogens with zero attached hydrogens (tertiary/aromatic N) is 2. The maximum Gasteiger partial charge on any atom is 0.478 e. The van der Waals surface area contributed by atoms with Crippen LogP contribution in [0.1, 0.15) is 44.0 Å². The number of aromatic nitrogens is 1. The zero-order valence-corrected chi connectivity index (χ0v) is 20.1. The fourth-order valence-electron chi connectivity index (χ4n) is 2.97. The third-order valence-electron chi connectivity index (χ3n) is 4.49. The number of pyridine rings is 1. The molecule has 0 spiro atoms. The Bertz CT molecular complexity index is 933. The first-order chi connectivity index (χ1) is 14.9. The van der Waals surface area contributed by atoms with Gasteiger partial charge < -0.3 is 29.8 Å². The molecule has 11 nitrogen and oxygen atoms in total. The topological polar surface area (TPSA) is 170 Å². The van der Waals surface area contributed by atoms with Crippen LogP contribution in [0.5, 0.6) is 0 Å². The number of rotatable bonds is 10. The molecule has 0 aliphatic carbocycles. The van der Waals surface area contributed by atoms with E-state index >= 15 is 0 Å². The first kappa shape index (κ1) is 28.4. The summed E-state index contributed by atoms with van der Waals surface area (Å²) in [6.07, 6.45) is 3.79. The first-order valence-electron chi connectivity index (χ1n) is 10.1. The van der Waals surface area contributed by atoms with Crippen LogP contribution in [0.4, 0.5) is 0 Å². The number of nitrogens with one attached hydrogen (secondary N) is 1. The van der Waals surface area contributed by atoms with Gasteiger partial charge in [0.1, 0.15) is 0 Å². The van der Waals surface area contributed by atoms with Gasteiger partial charge in [0.25, 0.3) is 5.91 Å². The number of amides is 1. The molecule has 2 aromatic rings. The Morgan fingerprint density at radius 1 is 1.09 bits per heavy atom. The zero-order valence-electron chi connectivity index (χ0n) is 18.3. The standard InChI is InChI=1S/C19H27N3O.H4O7P2/c1-4-22(5-2)14-8-9-15(3)21-19(23)17-12-13-20-18-11-7-6-10-16(17)18;1-8(2,3)7-9(4,5)6/h6-7,10-13,15H,4-5,8-9,14H2,1-3H3,(H,21,23);(H2,1,2,3)(H2,4,5,6). The van der Waals surface area contributed by atoms with Gasteiger partial charge in [0, 0.05) is 17.6 Å². The van der Waals surface area contributed by atoms with E-state index in [2.05, 4.69) is 40.3 Å². The van der Waals surface area contributed by atoms with E-state index in [0.29, 0.717) is 5.56 Å². The third kappa shape index (κ3) is 11.3. The molecule has 0 aliphatic heterocycles. The summed E-state index contributed by atoms with van der Waals surface area (Å²) in [6.45, 7) is 9.70. The molecular weight excluding hydrogens is 460 g/mol. The summed E-state index contributed by atoms with van der Waals surface area (Å²) in [5, 5.41) is 4.02. The van der Waals surface area contributed by atoms with Crippen LogP contribution in [0.25, 0.3) is 10.9 Å². The van der Waals surface area contributed by atoms with E-state index < -0.39 is 15.6 Å². The van der Waals surface area contributed by atoms with Gasteiger partial charge in [-0.25, -0.2) is 9.13 Å². The molecule has 0 saturated carbocycles. The Morgan fingerprint density at radius 3 is 2.22 bits per heavy atom. The maximum atomic E-state index is 12.5. The number of benzene rings is 1. The van der Waals surface area contributed by atoms with E-state index in [0.717, 1.165) is 43.4 Å². The van der Waals surface area contributed by atoms with Gasteiger partial charge >= 0.3 is 15.6 Å². The van der Waals surface area contributed by atoms with Gasteiger partial charge in [-0.1, -0.05) is 32.0 Å². The molecule has 1 unspecified atom stereocenters. The Balaban J connectivity index is 0.000000482. The van der Waals surface area contributed by atoms with Crippen molar-refractivity contribution in [1.82, 2.24) is 15.2 Å². The number of phosphoric acid groups is 2. The fraction of sp³-hybridized carbons (Fsp3) is 0.474. The van der Waals surface area contributed by atoms with Crippen LogP contribution in [0, 0.1) is 0 Å². The summed E-state index contributed by atoms with van der Waals surface area (Å²) >= 11 is 0. The van der Waals surface area contributed by atoms with Crippen molar-refractivity contribution in [1.29, 1.82) is 0 Å². The van der Waals surface area contributed by atoms with Gasteiger partial charge in [0.2, 0.25) is 0 Å². The van der Waals surface area contributed by atoms with E-state index in [1.54, 1.807) is 12.3 Å². The third-order valence-corrected chi connectivity index (χ3v) is 6.19. The lowest BCUT2D eigenvalue weighted by atomic mass is 10.1. The van der Waals surface area contributed by atoms with Crippen molar-refractivity contribution in [2.75, 3.05) is 19.6 Å². The van der Waals surface area contributed by atoms with Crippen molar-refractivity contribution in [2.45, 2.75) is 39.7 Å². The van der Waals surface area contributed by atoms with E-state index in [-0.39, 0.29) is 11.9 Å². The number of carbonyl (C=O) groups is 1. The predicted octanol–water partition coefficient (Wildman–Crippen LogP) is 2.66. The lowest BCUT2D eigenvalue weighted by molar-refractivity contribution is 0.0938. The number of carbonyl (C=O) groups excluding carboxylic acids is 1. The highest BCUT2D eigenvalue weighted by molar-refractivity contribution is 7.60. The van der Waals surface area contributed by atoms with Crippen LogP contribution in [-0.4, -0.2) is 61.0 Å². The molecule has 1 aromatic heterocycles. The highest BCUT2D eigenvalue weighted by Crippen LogP contribution is 2.53. The van der Waals surface area contributed by atoms with Gasteiger partial charge in [0.05, 0.1) is 11.1 Å². The van der Waals surface area contributed by atoms with Crippen LogP contribution < -0.4 is 5.32 Å². The second kappa shape index (κ2) is 13.1. The molecule has 2 rings (SSSR count). The van der Waals surface area contributed by atoms with Crippen molar-refractivity contribution in [3.63, 3.8) is 0 Å². The van der Waals surface area contributed by atoms with Gasteiger partial charge in [-0.3, -0.25) is 9.78 Å². The molecule has 1 heterocycles. The number of hydrogen-bond acceptors (Lipinski definition) is 6. The monoisotopic (exact) mass is 491 g/mol. The molecule has 0 bridgehead atoms. The molecule has 1 aromatic carbocycles. The van der Waals surface area contributed by atoms with Crippen LogP contribution in [0.3, 0.4) is 0 Å². The maximum absolute atomic E-state index is 12.5. The average Bonchev–Trinajstić information content (AvgIpc) is 2.68. The van der Waals surface area contributed by atoms with E-state index in [9.17, 15) is 13.9 Å². The normalized spacial score (nSPS) is 12.9. The van der Waals surface area contributed by atoms with Gasteiger partial charge in [-0.2, -0.15) is 4.31 Å². The highest BCUT2D eigenvalue weighted by Gasteiger charge is 2.28. The van der Waals surface area contributed by atoms with E-state index in [1.807, 2.05) is 24.3 Å². The summed E-state index contributed by atoms with van der Waals surface area (Å²) in [6, 6.07) is 9.72. The molecule has 13 heteroatoms. The van der Waals surface area contributed by atoms with Crippen LogP contribution in [-0.2, 0) is 13.4 Å². The number of fused-ring (bicyclic) bond motifs is 1. The molecule has 5 N–H and O–H groups in total. The minimum atomic E-state index is -5.05. The van der Waals surface area contributed by atoms with Crippen LogP contribution >= 0.6 is 15.6 Å². The van der Waals surface area contributed by atoms with Crippen molar-refractivity contribution in [2.24, 2.45) is 0 Å². The molecule has 0 radical (unpaired) electrons. The van der Waals surface area contributed by atoms with Crippen LogP contribution in [0.15, 0.2) is 36.5 Å². The minimum Gasteiger partial charge on any atom is -0.350 e. The summed E-state index contributed by atoms with van der Waals surface area (Å²) in [5.41, 5.74) is 1.56. The molecule has 0 saturated heterocycles. The largest absolute Gasteiger partial charge is 0.478 e. The lowest BCUT2D eigenvalue weighted by Gasteiger charge is -2.20. The highest BCUT2D eigenvalue weighted by atomic mass is 31.3. The Labute approximate surface area is 187 Å². The molecule has 0 fully saturated rings. The Kier molecular flexibility index (Phi) is 11.6. The summed E-state index contributed by atoms with van der Waals surface area (Å²) in [4.78, 5) is 50.2. The number of hydrogen-bond donors (Lipinski definition) is 5. The molecule has 32 heavy (non-hydrogen) atoms. The SMILES string of the molecule is CCN(CC)CCCC(C)NC(=O)c1ccnc2ccccc12.O=P(O)(O)OP(=O)(O)O. The number of para-hydroxylation sites is 1. The molecule has 1 atom stereocenters. The lowest BCUT2D eigenvalue weighted by Crippen LogP contribution is -2.33. The molecule has 1 amide bonds. The van der Waals surface area contributed by atoms with Crippen molar-refractivity contribution >= 4 is 32.5 Å². The second-order valence-corrected chi connectivity index (χ2v) is 9.60. The van der Waals surface area contributed by atoms with Crippen molar-refractivity contribution in [3.8, 4) is 0 Å². The van der Waals surface area contributed by atoms with E-state index in [4.69, 9.17) is 19.6 Å².